The van der Waals surface area contributed by atoms with Crippen molar-refractivity contribution in [2.75, 3.05) is 13.1 Å². The molecule has 4 nitrogen and oxygen atoms in total. The first kappa shape index (κ1) is 21.6. The van der Waals surface area contributed by atoms with Crippen LogP contribution in [-0.2, 0) is 14.8 Å². The van der Waals surface area contributed by atoms with Crippen molar-refractivity contribution in [2.24, 2.45) is 5.92 Å². The van der Waals surface area contributed by atoms with E-state index < -0.39 is 10.0 Å². The minimum Gasteiger partial charge on any atom is -0.289 e. The van der Waals surface area contributed by atoms with E-state index in [4.69, 9.17) is 0 Å². The van der Waals surface area contributed by atoms with Crippen molar-refractivity contribution in [1.29, 1.82) is 0 Å². The van der Waals surface area contributed by atoms with Crippen LogP contribution < -0.4 is 0 Å². The average Bonchev–Trinajstić information content (AvgIpc) is 3.17. The number of sulfonamides is 1. The Bertz CT molecular complexity index is 1360. The first-order valence-electron chi connectivity index (χ1n) is 11.1. The van der Waals surface area contributed by atoms with Crippen LogP contribution in [0, 0.1) is 12.8 Å². The maximum atomic E-state index is 13.5. The van der Waals surface area contributed by atoms with Gasteiger partial charge in [0.1, 0.15) is 0 Å². The van der Waals surface area contributed by atoms with Crippen LogP contribution in [0.5, 0.6) is 0 Å². The van der Waals surface area contributed by atoms with Crippen LogP contribution in [-0.4, -0.2) is 31.6 Å². The molecule has 1 heterocycles. The molecule has 1 unspecified atom stereocenters. The van der Waals surface area contributed by atoms with Gasteiger partial charge in [-0.25, -0.2) is 8.42 Å². The molecule has 2 aliphatic rings. The Labute approximate surface area is 194 Å². The number of carbonyl (C=O) groups is 1. The normalized spacial score (nSPS) is 19.2. The monoisotopic (exact) mass is 455 g/mol. The van der Waals surface area contributed by atoms with Crippen molar-refractivity contribution in [3.05, 3.63) is 113 Å². The number of hydrogen-bond donors (Lipinski definition) is 0. The van der Waals surface area contributed by atoms with Crippen molar-refractivity contribution < 1.29 is 13.2 Å². The summed E-state index contributed by atoms with van der Waals surface area (Å²) in [6.45, 7) is 2.55. The van der Waals surface area contributed by atoms with Gasteiger partial charge in [0.05, 0.1) is 4.90 Å². The minimum absolute atomic E-state index is 0.0365. The Morgan fingerprint density at radius 2 is 1.42 bits per heavy atom. The summed E-state index contributed by atoms with van der Waals surface area (Å²) in [5, 5.41) is 0. The van der Waals surface area contributed by atoms with Gasteiger partial charge in [-0.1, -0.05) is 78.4 Å². The molecular weight excluding hydrogens is 430 g/mol. The zero-order chi connectivity index (χ0) is 23.0. The summed E-state index contributed by atoms with van der Waals surface area (Å²) in [6.07, 6.45) is 2.29. The lowest BCUT2D eigenvalue weighted by atomic mass is 9.88. The summed E-state index contributed by atoms with van der Waals surface area (Å²) < 4.78 is 28.1. The summed E-state index contributed by atoms with van der Waals surface area (Å²) in [4.78, 5) is 13.8. The number of carbonyl (C=O) groups excluding carboxylic acids is 1. The summed E-state index contributed by atoms with van der Waals surface area (Å²) >= 11 is 0. The Morgan fingerprint density at radius 1 is 0.818 bits per heavy atom. The number of nitrogens with zero attached hydrogens (tertiary/aromatic N) is 1. The minimum atomic E-state index is -3.63. The Kier molecular flexibility index (Phi) is 5.60. The molecule has 3 aromatic carbocycles. The first-order chi connectivity index (χ1) is 15.9. The molecule has 0 bridgehead atoms. The van der Waals surface area contributed by atoms with E-state index in [-0.39, 0.29) is 18.2 Å². The van der Waals surface area contributed by atoms with Gasteiger partial charge >= 0.3 is 0 Å². The third kappa shape index (κ3) is 4.10. The van der Waals surface area contributed by atoms with Gasteiger partial charge in [0, 0.05) is 18.7 Å². The van der Waals surface area contributed by atoms with Crippen molar-refractivity contribution >= 4 is 27.0 Å². The molecule has 33 heavy (non-hydrogen) atoms. The molecule has 0 saturated carbocycles. The second-order valence-electron chi connectivity index (χ2n) is 8.68. The highest BCUT2D eigenvalue weighted by molar-refractivity contribution is 7.89. The summed E-state index contributed by atoms with van der Waals surface area (Å²) in [5.74, 6) is -0.0993. The number of allylic oxidation sites excluding steroid dienone is 3. The largest absolute Gasteiger partial charge is 0.289 e. The van der Waals surface area contributed by atoms with Gasteiger partial charge in [-0.3, -0.25) is 4.79 Å². The van der Waals surface area contributed by atoms with Crippen molar-refractivity contribution in [3.8, 4) is 0 Å². The van der Waals surface area contributed by atoms with Crippen LogP contribution >= 0.6 is 0 Å². The average molecular weight is 456 g/mol. The molecule has 0 aromatic heterocycles. The zero-order valence-electron chi connectivity index (χ0n) is 18.4. The second kappa shape index (κ2) is 8.58. The van der Waals surface area contributed by atoms with Crippen LogP contribution in [0.1, 0.15) is 23.1 Å². The molecule has 5 heteroatoms. The Hall–Kier alpha value is -3.28. The molecule has 0 spiro atoms. The number of rotatable bonds is 4. The van der Waals surface area contributed by atoms with Gasteiger partial charge in [-0.05, 0) is 59.7 Å². The predicted molar refractivity (Wildman–Crippen MR) is 131 cm³/mol. The maximum Gasteiger partial charge on any atom is 0.243 e. The summed E-state index contributed by atoms with van der Waals surface area (Å²) in [6, 6.07) is 26.6. The fourth-order valence-electron chi connectivity index (χ4n) is 4.72. The third-order valence-corrected chi connectivity index (χ3v) is 8.29. The van der Waals surface area contributed by atoms with Crippen LogP contribution in [0.4, 0.5) is 0 Å². The second-order valence-corrected chi connectivity index (χ2v) is 10.6. The topological polar surface area (TPSA) is 54.5 Å². The quantitative estimate of drug-likeness (QED) is 0.548. The maximum absolute atomic E-state index is 13.5. The van der Waals surface area contributed by atoms with Gasteiger partial charge in [0.15, 0.2) is 5.78 Å². The molecular formula is C28H25NO3S. The zero-order valence-corrected chi connectivity index (χ0v) is 19.3. The molecule has 1 fully saturated rings. The van der Waals surface area contributed by atoms with Gasteiger partial charge in [-0.2, -0.15) is 4.31 Å². The molecule has 0 radical (unpaired) electrons. The Balaban J connectivity index is 1.54. The van der Waals surface area contributed by atoms with Crippen LogP contribution in [0.15, 0.2) is 101 Å². The number of benzene rings is 3. The fraction of sp³-hybridized carbons (Fsp3) is 0.179. The molecule has 3 aromatic rings. The van der Waals surface area contributed by atoms with Crippen LogP contribution in [0.3, 0.4) is 0 Å². The third-order valence-electron chi connectivity index (χ3n) is 6.47. The number of aryl methyl sites for hydroxylation is 1. The van der Waals surface area contributed by atoms with Crippen molar-refractivity contribution in [3.63, 3.8) is 0 Å². The van der Waals surface area contributed by atoms with E-state index in [1.165, 1.54) is 4.31 Å². The van der Waals surface area contributed by atoms with Crippen LogP contribution in [0.2, 0.25) is 0 Å². The van der Waals surface area contributed by atoms with Crippen molar-refractivity contribution in [2.45, 2.75) is 18.2 Å². The van der Waals surface area contributed by atoms with E-state index in [0.29, 0.717) is 23.4 Å². The molecule has 0 amide bonds. The van der Waals surface area contributed by atoms with E-state index in [0.717, 1.165) is 27.8 Å². The molecule has 1 atom stereocenters. The highest BCUT2D eigenvalue weighted by Crippen LogP contribution is 2.41. The highest BCUT2D eigenvalue weighted by atomic mass is 32.2. The molecule has 0 N–H and O–H groups in total. The summed E-state index contributed by atoms with van der Waals surface area (Å²) in [5.41, 5.74) is 5.46. The highest BCUT2D eigenvalue weighted by Gasteiger charge is 2.38. The lowest BCUT2D eigenvalue weighted by Gasteiger charge is -2.18. The van der Waals surface area contributed by atoms with Gasteiger partial charge < -0.3 is 0 Å². The Morgan fingerprint density at radius 3 is 2.06 bits per heavy atom. The predicted octanol–water partition coefficient (Wildman–Crippen LogP) is 5.13. The number of fused-ring (bicyclic) bond motifs is 1. The van der Waals surface area contributed by atoms with E-state index in [9.17, 15) is 13.2 Å². The van der Waals surface area contributed by atoms with Gasteiger partial charge in [0.2, 0.25) is 10.0 Å². The molecule has 1 aliphatic heterocycles. The van der Waals surface area contributed by atoms with Crippen LogP contribution in [0.25, 0.3) is 11.1 Å². The summed E-state index contributed by atoms with van der Waals surface area (Å²) in [7, 11) is -3.63. The van der Waals surface area contributed by atoms with E-state index in [1.807, 2.05) is 79.7 Å². The standard InChI is InChI=1S/C28H25NO3S/c1-20-12-14-25(15-13-20)33(31,32)29-18-23-16-26(21-8-4-2-5-9-21)28(22-10-6-3-7-11-22)27(30)17-24(23)19-29/h2-15,17,23H,16,18-19H2,1H3. The molecule has 1 aliphatic carbocycles. The molecule has 1 saturated heterocycles. The number of hydrogen-bond acceptors (Lipinski definition) is 3. The number of ketones is 1. The van der Waals surface area contributed by atoms with E-state index >= 15 is 0 Å². The van der Waals surface area contributed by atoms with E-state index in [2.05, 4.69) is 0 Å². The lowest BCUT2D eigenvalue weighted by molar-refractivity contribution is -0.109. The van der Waals surface area contributed by atoms with Gasteiger partial charge in [-0.15, -0.1) is 0 Å². The fourth-order valence-corrected chi connectivity index (χ4v) is 6.20. The SMILES string of the molecule is Cc1ccc(S(=O)(=O)N2CC3=CC(=O)C(c4ccccc4)=C(c4ccccc4)CC3C2)cc1. The molecule has 5 rings (SSSR count). The van der Waals surface area contributed by atoms with Gasteiger partial charge in [0.25, 0.3) is 0 Å². The van der Waals surface area contributed by atoms with E-state index in [1.54, 1.807) is 18.2 Å². The smallest absolute Gasteiger partial charge is 0.243 e. The first-order valence-corrected chi connectivity index (χ1v) is 12.5. The lowest BCUT2D eigenvalue weighted by Crippen LogP contribution is -2.29. The molecule has 166 valence electrons. The van der Waals surface area contributed by atoms with Crippen molar-refractivity contribution in [1.82, 2.24) is 4.31 Å².